The number of sulfonamides is 1. The molecule has 152 valence electrons. The van der Waals surface area contributed by atoms with Crippen LogP contribution in [0.1, 0.15) is 17.9 Å². The Labute approximate surface area is 174 Å². The highest BCUT2D eigenvalue weighted by Gasteiger charge is 2.36. The van der Waals surface area contributed by atoms with Gasteiger partial charge in [0.05, 0.1) is 10.8 Å². The Morgan fingerprint density at radius 3 is 2.48 bits per heavy atom. The molecule has 1 N–H and O–H groups in total. The van der Waals surface area contributed by atoms with Gasteiger partial charge < -0.3 is 10.2 Å². The zero-order valence-electron chi connectivity index (χ0n) is 15.5. The molecule has 2 aliphatic heterocycles. The highest BCUT2D eigenvalue weighted by Crippen LogP contribution is 2.33. The number of hydrogen-bond donors (Lipinski definition) is 1. The quantitative estimate of drug-likeness (QED) is 0.804. The molecule has 2 aromatic carbocycles. The van der Waals surface area contributed by atoms with Gasteiger partial charge in [-0.1, -0.05) is 35.9 Å². The fourth-order valence-electron chi connectivity index (χ4n) is 3.78. The maximum absolute atomic E-state index is 13.1. The third-order valence-electron chi connectivity index (χ3n) is 5.28. The fraction of sp³-hybridized carbons (Fsp3) is 0.300. The lowest BCUT2D eigenvalue weighted by Crippen LogP contribution is -2.52. The van der Waals surface area contributed by atoms with Crippen LogP contribution in [-0.2, 0) is 19.6 Å². The highest BCUT2D eigenvalue weighted by molar-refractivity contribution is 7.89. The van der Waals surface area contributed by atoms with Crippen LogP contribution in [0.5, 0.6) is 0 Å². The van der Waals surface area contributed by atoms with E-state index in [9.17, 15) is 18.0 Å². The maximum atomic E-state index is 13.1. The number of anilines is 1. The van der Waals surface area contributed by atoms with E-state index in [1.54, 1.807) is 23.1 Å². The van der Waals surface area contributed by atoms with Gasteiger partial charge in [-0.25, -0.2) is 8.42 Å². The lowest BCUT2D eigenvalue weighted by atomic mass is 9.89. The molecule has 7 nitrogen and oxygen atoms in total. The van der Waals surface area contributed by atoms with Crippen LogP contribution in [0.3, 0.4) is 0 Å². The van der Waals surface area contributed by atoms with E-state index in [0.717, 1.165) is 5.56 Å². The molecule has 0 radical (unpaired) electrons. The van der Waals surface area contributed by atoms with Crippen molar-refractivity contribution in [2.75, 3.05) is 31.5 Å². The summed E-state index contributed by atoms with van der Waals surface area (Å²) < 4.78 is 27.0. The predicted molar refractivity (Wildman–Crippen MR) is 109 cm³/mol. The average Bonchev–Trinajstić information content (AvgIpc) is 2.72. The molecule has 29 heavy (non-hydrogen) atoms. The summed E-state index contributed by atoms with van der Waals surface area (Å²) in [4.78, 5) is 26.9. The zero-order valence-corrected chi connectivity index (χ0v) is 17.1. The first-order chi connectivity index (χ1) is 13.9. The molecular weight excluding hydrogens is 414 g/mol. The Morgan fingerprint density at radius 1 is 1.03 bits per heavy atom. The zero-order chi connectivity index (χ0) is 20.6. The van der Waals surface area contributed by atoms with Gasteiger partial charge in [-0.2, -0.15) is 4.31 Å². The maximum Gasteiger partial charge on any atom is 0.243 e. The minimum absolute atomic E-state index is 0.0941. The topological polar surface area (TPSA) is 86.8 Å². The second-order valence-electron chi connectivity index (χ2n) is 7.08. The van der Waals surface area contributed by atoms with E-state index < -0.39 is 15.9 Å². The van der Waals surface area contributed by atoms with Gasteiger partial charge in [0.25, 0.3) is 0 Å². The molecule has 0 aromatic heterocycles. The molecule has 1 atom stereocenters. The molecule has 4 rings (SSSR count). The number of benzene rings is 2. The molecule has 0 spiro atoms. The molecule has 0 unspecified atom stereocenters. The minimum Gasteiger partial charge on any atom is -0.340 e. The van der Waals surface area contributed by atoms with Crippen LogP contribution in [0.2, 0.25) is 5.02 Å². The van der Waals surface area contributed by atoms with Crippen molar-refractivity contribution >= 4 is 39.1 Å². The lowest BCUT2D eigenvalue weighted by Gasteiger charge is -2.36. The number of para-hydroxylation sites is 1. The average molecular weight is 434 g/mol. The lowest BCUT2D eigenvalue weighted by molar-refractivity contribution is -0.136. The highest BCUT2D eigenvalue weighted by atomic mass is 35.5. The Bertz CT molecular complexity index is 1060. The Balaban J connectivity index is 1.48. The van der Waals surface area contributed by atoms with Gasteiger partial charge in [-0.05, 0) is 29.8 Å². The standard InChI is InChI=1S/C20H20ClN3O4S/c21-14-4-3-5-15(12-14)29(27,28)24-10-8-23(9-11-24)20(26)17-13-19(25)22-18-7-2-1-6-16(17)18/h1-7,12,17H,8-11,13H2,(H,22,25)/t17-/m0/s1. The van der Waals surface area contributed by atoms with E-state index in [1.807, 2.05) is 18.2 Å². The summed E-state index contributed by atoms with van der Waals surface area (Å²) in [5.74, 6) is -0.882. The molecule has 2 aliphatic rings. The van der Waals surface area contributed by atoms with Crippen LogP contribution in [0.4, 0.5) is 5.69 Å². The number of rotatable bonds is 3. The van der Waals surface area contributed by atoms with Crippen molar-refractivity contribution in [1.82, 2.24) is 9.21 Å². The van der Waals surface area contributed by atoms with Gasteiger partial charge in [0.1, 0.15) is 0 Å². The molecule has 0 aliphatic carbocycles. The van der Waals surface area contributed by atoms with Crippen molar-refractivity contribution in [2.24, 2.45) is 0 Å². The Kier molecular flexibility index (Phi) is 5.33. The van der Waals surface area contributed by atoms with E-state index in [2.05, 4.69) is 5.32 Å². The number of piperazine rings is 1. The van der Waals surface area contributed by atoms with Gasteiger partial charge in [-0.15, -0.1) is 0 Å². The molecule has 1 saturated heterocycles. The smallest absolute Gasteiger partial charge is 0.243 e. The fourth-order valence-corrected chi connectivity index (χ4v) is 5.50. The molecule has 9 heteroatoms. The second kappa shape index (κ2) is 7.78. The monoisotopic (exact) mass is 433 g/mol. The van der Waals surface area contributed by atoms with Crippen LogP contribution in [0.15, 0.2) is 53.4 Å². The largest absolute Gasteiger partial charge is 0.340 e. The van der Waals surface area contributed by atoms with E-state index >= 15 is 0 Å². The van der Waals surface area contributed by atoms with Gasteiger partial charge >= 0.3 is 0 Å². The number of carbonyl (C=O) groups excluding carboxylic acids is 2. The van der Waals surface area contributed by atoms with Crippen molar-refractivity contribution in [3.63, 3.8) is 0 Å². The van der Waals surface area contributed by atoms with Gasteiger partial charge in [-0.3, -0.25) is 9.59 Å². The number of amides is 2. The van der Waals surface area contributed by atoms with Crippen molar-refractivity contribution in [3.05, 3.63) is 59.1 Å². The number of nitrogens with one attached hydrogen (secondary N) is 1. The molecule has 1 fully saturated rings. The molecule has 2 heterocycles. The third kappa shape index (κ3) is 3.88. The van der Waals surface area contributed by atoms with E-state index in [-0.39, 0.29) is 49.3 Å². The minimum atomic E-state index is -3.67. The van der Waals surface area contributed by atoms with Crippen molar-refractivity contribution in [2.45, 2.75) is 17.2 Å². The number of halogens is 1. The molecule has 0 bridgehead atoms. The SMILES string of the molecule is O=C1C[C@H](C(=O)N2CCN(S(=O)(=O)c3cccc(Cl)c3)CC2)c2ccccc2N1. The normalized spacial score (nSPS) is 20.1. The summed E-state index contributed by atoms with van der Waals surface area (Å²) in [6.45, 7) is 0.945. The number of nitrogens with zero attached hydrogens (tertiary/aromatic N) is 2. The summed E-state index contributed by atoms with van der Waals surface area (Å²) in [6.07, 6.45) is 0.0941. The second-order valence-corrected chi connectivity index (χ2v) is 9.45. The summed E-state index contributed by atoms with van der Waals surface area (Å²) in [7, 11) is -3.67. The third-order valence-corrected chi connectivity index (χ3v) is 7.41. The van der Waals surface area contributed by atoms with Crippen molar-refractivity contribution in [3.8, 4) is 0 Å². The van der Waals surface area contributed by atoms with E-state index in [0.29, 0.717) is 10.7 Å². The van der Waals surface area contributed by atoms with Crippen LogP contribution in [0.25, 0.3) is 0 Å². The van der Waals surface area contributed by atoms with E-state index in [1.165, 1.54) is 16.4 Å². The number of fused-ring (bicyclic) bond motifs is 1. The van der Waals surface area contributed by atoms with Crippen LogP contribution >= 0.6 is 11.6 Å². The summed E-state index contributed by atoms with van der Waals surface area (Å²) in [5, 5.41) is 3.14. The first-order valence-corrected chi connectivity index (χ1v) is 11.1. The number of hydrogen-bond acceptors (Lipinski definition) is 4. The molecule has 0 saturated carbocycles. The van der Waals surface area contributed by atoms with Gasteiger partial charge in [0.15, 0.2) is 0 Å². The number of carbonyl (C=O) groups is 2. The first-order valence-electron chi connectivity index (χ1n) is 9.29. The Morgan fingerprint density at radius 2 is 1.76 bits per heavy atom. The van der Waals surface area contributed by atoms with Crippen LogP contribution in [0, 0.1) is 0 Å². The van der Waals surface area contributed by atoms with Crippen LogP contribution < -0.4 is 5.32 Å². The molecule has 2 aromatic rings. The summed E-state index contributed by atoms with van der Waals surface area (Å²) in [5.41, 5.74) is 1.45. The van der Waals surface area contributed by atoms with Crippen molar-refractivity contribution in [1.29, 1.82) is 0 Å². The predicted octanol–water partition coefficient (Wildman–Crippen LogP) is 2.30. The van der Waals surface area contributed by atoms with Gasteiger partial charge in [0, 0.05) is 43.3 Å². The Hall–Kier alpha value is -2.42. The summed E-state index contributed by atoms with van der Waals surface area (Å²) in [6, 6.07) is 13.4. The molecular formula is C20H20ClN3O4S. The van der Waals surface area contributed by atoms with Crippen LogP contribution in [-0.4, -0.2) is 55.6 Å². The summed E-state index contributed by atoms with van der Waals surface area (Å²) >= 11 is 5.93. The van der Waals surface area contributed by atoms with Gasteiger partial charge in [0.2, 0.25) is 21.8 Å². The first kappa shape index (κ1) is 19.9. The molecule has 2 amide bonds. The van der Waals surface area contributed by atoms with E-state index in [4.69, 9.17) is 11.6 Å². The van der Waals surface area contributed by atoms with Crippen molar-refractivity contribution < 1.29 is 18.0 Å².